The topological polar surface area (TPSA) is 85.1 Å². The van der Waals surface area contributed by atoms with Gasteiger partial charge in [-0.3, -0.25) is 0 Å². The molecule has 1 aliphatic heterocycles. The highest BCUT2D eigenvalue weighted by molar-refractivity contribution is 5.92. The molecule has 5 rings (SSSR count). The van der Waals surface area contributed by atoms with Crippen LogP contribution in [0.3, 0.4) is 0 Å². The lowest BCUT2D eigenvalue weighted by Crippen LogP contribution is -2.23. The molecule has 1 aliphatic rings. The highest BCUT2D eigenvalue weighted by Crippen LogP contribution is 2.36. The average molecular weight is 414 g/mol. The Morgan fingerprint density at radius 2 is 2.13 bits per heavy atom. The summed E-state index contributed by atoms with van der Waals surface area (Å²) in [7, 11) is 3.27. The Kier molecular flexibility index (Phi) is 4.94. The quantitative estimate of drug-likeness (QED) is 0.530. The number of fused-ring (bicyclic) bond motifs is 2. The minimum atomic E-state index is -0.252. The number of nitrogens with one attached hydrogen (secondary N) is 1. The van der Waals surface area contributed by atoms with Gasteiger partial charge in [0.1, 0.15) is 29.4 Å². The van der Waals surface area contributed by atoms with E-state index in [0.717, 1.165) is 45.8 Å². The van der Waals surface area contributed by atoms with Gasteiger partial charge in [-0.2, -0.15) is 5.26 Å². The molecule has 0 unspecified atom stereocenters. The summed E-state index contributed by atoms with van der Waals surface area (Å²) in [5, 5.41) is 10.2. The largest absolute Gasteiger partial charge is 0.495 e. The lowest BCUT2D eigenvalue weighted by Gasteiger charge is -2.26. The van der Waals surface area contributed by atoms with Crippen LogP contribution in [0.5, 0.6) is 5.75 Å². The van der Waals surface area contributed by atoms with Crippen molar-refractivity contribution in [1.82, 2.24) is 14.5 Å². The molecule has 0 saturated heterocycles. The zero-order valence-corrected chi connectivity index (χ0v) is 17.4. The highest BCUT2D eigenvalue weighted by Gasteiger charge is 2.28. The summed E-state index contributed by atoms with van der Waals surface area (Å²) in [6.45, 7) is 1.88. The second-order valence-corrected chi connectivity index (χ2v) is 7.46. The number of hydrogen-bond acceptors (Lipinski definition) is 5. The first kappa shape index (κ1) is 19.4. The lowest BCUT2D eigenvalue weighted by molar-refractivity contribution is 0.0413. The molecule has 0 saturated carbocycles. The van der Waals surface area contributed by atoms with Gasteiger partial charge in [-0.05, 0) is 29.3 Å². The summed E-state index contributed by atoms with van der Waals surface area (Å²) in [6, 6.07) is 16.0. The molecule has 1 N–H and O–H groups in total. The molecule has 3 heterocycles. The van der Waals surface area contributed by atoms with Crippen LogP contribution in [0.1, 0.15) is 28.6 Å². The molecular formula is C24H22N4O3. The van der Waals surface area contributed by atoms with Gasteiger partial charge in [0.2, 0.25) is 0 Å². The van der Waals surface area contributed by atoms with Crippen LogP contribution in [0.4, 0.5) is 0 Å². The van der Waals surface area contributed by atoms with Crippen LogP contribution in [0, 0.1) is 11.3 Å². The van der Waals surface area contributed by atoms with Crippen LogP contribution in [-0.2, 0) is 22.6 Å². The molecule has 7 nitrogen and oxygen atoms in total. The first-order chi connectivity index (χ1) is 15.2. The van der Waals surface area contributed by atoms with Gasteiger partial charge in [0.15, 0.2) is 0 Å². The van der Waals surface area contributed by atoms with Crippen molar-refractivity contribution < 1.29 is 14.2 Å². The molecule has 4 aromatic rings. The van der Waals surface area contributed by atoms with E-state index in [1.165, 1.54) is 0 Å². The zero-order chi connectivity index (χ0) is 21.4. The smallest absolute Gasteiger partial charge is 0.146 e. The van der Waals surface area contributed by atoms with E-state index in [0.29, 0.717) is 24.5 Å². The van der Waals surface area contributed by atoms with Gasteiger partial charge in [-0.25, -0.2) is 4.98 Å². The minimum Gasteiger partial charge on any atom is -0.495 e. The second kappa shape index (κ2) is 7.91. The van der Waals surface area contributed by atoms with Crippen molar-refractivity contribution in [1.29, 1.82) is 5.26 Å². The fourth-order valence-electron chi connectivity index (χ4n) is 4.22. The number of rotatable bonds is 5. The molecule has 0 radical (unpaired) electrons. The fourth-order valence-corrected chi connectivity index (χ4v) is 4.22. The van der Waals surface area contributed by atoms with Crippen molar-refractivity contribution in [3.63, 3.8) is 0 Å². The maximum absolute atomic E-state index is 9.36. The van der Waals surface area contributed by atoms with E-state index >= 15 is 0 Å². The summed E-state index contributed by atoms with van der Waals surface area (Å²) in [5.74, 6) is 1.44. The highest BCUT2D eigenvalue weighted by atomic mass is 16.5. The van der Waals surface area contributed by atoms with E-state index in [9.17, 15) is 5.26 Å². The summed E-state index contributed by atoms with van der Waals surface area (Å²) in [4.78, 5) is 8.34. The number of ether oxygens (including phenoxy) is 3. The van der Waals surface area contributed by atoms with Gasteiger partial charge in [0.05, 0.1) is 31.6 Å². The monoisotopic (exact) mass is 414 g/mol. The third-order valence-electron chi connectivity index (χ3n) is 5.65. The normalized spacial score (nSPS) is 15.6. The molecule has 2 aromatic carbocycles. The van der Waals surface area contributed by atoms with E-state index in [2.05, 4.69) is 27.8 Å². The van der Waals surface area contributed by atoms with Crippen LogP contribution in [-0.4, -0.2) is 35.4 Å². The molecule has 31 heavy (non-hydrogen) atoms. The summed E-state index contributed by atoms with van der Waals surface area (Å²) in [6.07, 6.45) is 1.80. The Hall–Kier alpha value is -3.60. The number of imidazole rings is 1. The van der Waals surface area contributed by atoms with Crippen LogP contribution >= 0.6 is 0 Å². The molecular weight excluding hydrogens is 392 g/mol. The molecule has 156 valence electrons. The zero-order valence-electron chi connectivity index (χ0n) is 17.4. The first-order valence-corrected chi connectivity index (χ1v) is 10.1. The van der Waals surface area contributed by atoms with Crippen LogP contribution in [0.15, 0.2) is 48.7 Å². The van der Waals surface area contributed by atoms with Crippen LogP contribution < -0.4 is 4.74 Å². The number of benzene rings is 2. The molecule has 0 amide bonds. The van der Waals surface area contributed by atoms with Gasteiger partial charge in [-0.15, -0.1) is 0 Å². The third-order valence-corrected chi connectivity index (χ3v) is 5.65. The Morgan fingerprint density at radius 3 is 2.94 bits per heavy atom. The SMILES string of the molecule is COCc1ccccc1[C@@H]1OCCn2cc(-c3cc4c(OC)c(C#N)ccc4[nH]3)nc21. The van der Waals surface area contributed by atoms with Crippen molar-refractivity contribution in [2.75, 3.05) is 20.8 Å². The Bertz CT molecular complexity index is 1300. The lowest BCUT2D eigenvalue weighted by atomic mass is 10.0. The van der Waals surface area contributed by atoms with Crippen molar-refractivity contribution >= 4 is 10.9 Å². The number of aromatic amines is 1. The van der Waals surface area contributed by atoms with Crippen molar-refractivity contribution in [2.45, 2.75) is 19.3 Å². The predicted octanol–water partition coefficient (Wildman–Crippen LogP) is 4.18. The second-order valence-electron chi connectivity index (χ2n) is 7.46. The van der Waals surface area contributed by atoms with Gasteiger partial charge >= 0.3 is 0 Å². The van der Waals surface area contributed by atoms with E-state index in [-0.39, 0.29) is 6.10 Å². The van der Waals surface area contributed by atoms with Gasteiger partial charge in [-0.1, -0.05) is 24.3 Å². The number of hydrogen-bond donors (Lipinski definition) is 1. The Morgan fingerprint density at radius 1 is 1.26 bits per heavy atom. The first-order valence-electron chi connectivity index (χ1n) is 10.1. The van der Waals surface area contributed by atoms with Gasteiger partial charge < -0.3 is 23.8 Å². The van der Waals surface area contributed by atoms with Crippen molar-refractivity contribution in [3.8, 4) is 23.2 Å². The summed E-state index contributed by atoms with van der Waals surface area (Å²) in [5.41, 5.74) is 5.26. The van der Waals surface area contributed by atoms with Crippen molar-refractivity contribution in [2.24, 2.45) is 0 Å². The number of nitriles is 1. The molecule has 7 heteroatoms. The predicted molar refractivity (Wildman–Crippen MR) is 116 cm³/mol. The maximum atomic E-state index is 9.36. The number of nitrogens with zero attached hydrogens (tertiary/aromatic N) is 3. The maximum Gasteiger partial charge on any atom is 0.146 e. The third kappa shape index (κ3) is 3.26. The Balaban J connectivity index is 1.58. The van der Waals surface area contributed by atoms with Gasteiger partial charge in [0.25, 0.3) is 0 Å². The average Bonchev–Trinajstić information content (AvgIpc) is 3.43. The molecule has 0 aliphatic carbocycles. The molecule has 1 atom stereocenters. The van der Waals surface area contributed by atoms with E-state index in [1.807, 2.05) is 30.5 Å². The van der Waals surface area contributed by atoms with Crippen molar-refractivity contribution in [3.05, 3.63) is 71.2 Å². The standard InChI is InChI=1S/C24H22N4O3/c1-29-14-16-5-3-4-6-17(16)23-24-27-21(13-28(24)9-10-31-23)20-11-18-19(26-20)8-7-15(12-25)22(18)30-2/h3-8,11,13,23,26H,9-10,14H2,1-2H3/t23-/m0/s1. The fraction of sp³-hybridized carbons (Fsp3) is 0.250. The molecule has 0 fully saturated rings. The molecule has 0 bridgehead atoms. The van der Waals surface area contributed by atoms with E-state index < -0.39 is 0 Å². The minimum absolute atomic E-state index is 0.252. The van der Waals surface area contributed by atoms with E-state index in [1.54, 1.807) is 20.3 Å². The molecule has 2 aromatic heterocycles. The van der Waals surface area contributed by atoms with E-state index in [4.69, 9.17) is 19.2 Å². The number of H-pyrrole nitrogens is 1. The number of methoxy groups -OCH3 is 2. The Labute approximate surface area is 179 Å². The van der Waals surface area contributed by atoms with Gasteiger partial charge in [0, 0.05) is 30.8 Å². The van der Waals surface area contributed by atoms with Crippen LogP contribution in [0.2, 0.25) is 0 Å². The summed E-state index contributed by atoms with van der Waals surface area (Å²) < 4.78 is 19.2. The molecule has 0 spiro atoms. The summed E-state index contributed by atoms with van der Waals surface area (Å²) >= 11 is 0. The van der Waals surface area contributed by atoms with Crippen LogP contribution in [0.25, 0.3) is 22.3 Å². The number of aromatic nitrogens is 3.